The lowest BCUT2D eigenvalue weighted by Crippen LogP contribution is -2.44. The van der Waals surface area contributed by atoms with Gasteiger partial charge in [0.05, 0.1) is 35.4 Å². The lowest BCUT2D eigenvalue weighted by Gasteiger charge is -2.32. The van der Waals surface area contributed by atoms with Crippen molar-refractivity contribution in [1.82, 2.24) is 14.7 Å². The van der Waals surface area contributed by atoms with Gasteiger partial charge in [0, 0.05) is 7.05 Å². The van der Waals surface area contributed by atoms with Crippen LogP contribution in [0.5, 0.6) is 5.88 Å². The van der Waals surface area contributed by atoms with Crippen molar-refractivity contribution < 1.29 is 32.4 Å². The van der Waals surface area contributed by atoms with Gasteiger partial charge in [-0.15, -0.1) is 0 Å². The summed E-state index contributed by atoms with van der Waals surface area (Å²) in [5.74, 6) is 0.398. The van der Waals surface area contributed by atoms with Gasteiger partial charge in [0.1, 0.15) is 11.7 Å². The molecule has 8 nitrogen and oxygen atoms in total. The van der Waals surface area contributed by atoms with Gasteiger partial charge in [0.15, 0.2) is 0 Å². The Bertz CT molecular complexity index is 807. The van der Waals surface area contributed by atoms with E-state index in [9.17, 15) is 13.6 Å². The maximum atomic E-state index is 13.1. The molecule has 11 heteroatoms. The van der Waals surface area contributed by atoms with Crippen LogP contribution in [0.15, 0.2) is 0 Å². The molecule has 0 saturated carbocycles. The highest BCUT2D eigenvalue weighted by Gasteiger charge is 2.53. The Morgan fingerprint density at radius 1 is 1.19 bits per heavy atom. The molecule has 32 heavy (non-hydrogen) atoms. The Kier molecular flexibility index (Phi) is 7.56. The van der Waals surface area contributed by atoms with Crippen molar-refractivity contribution in [2.24, 2.45) is 7.05 Å². The number of hydrogen-bond acceptors (Lipinski definition) is 6. The van der Waals surface area contributed by atoms with E-state index in [4.69, 9.17) is 18.8 Å². The first-order valence-corrected chi connectivity index (χ1v) is 10.8. The molecule has 2 rings (SSSR count). The summed E-state index contributed by atoms with van der Waals surface area (Å²) in [6, 6.07) is 0. The Hall–Kier alpha value is -1.88. The molecule has 2 heterocycles. The second-order valence-electron chi connectivity index (χ2n) is 10.2. The molecule has 0 aromatic carbocycles. The number of aryl methyl sites for hydroxylation is 2. The number of hydrogen-bond donors (Lipinski definition) is 0. The first-order chi connectivity index (χ1) is 14.4. The van der Waals surface area contributed by atoms with Crippen LogP contribution in [0, 0.1) is 6.92 Å². The fourth-order valence-corrected chi connectivity index (χ4v) is 3.28. The fraction of sp³-hybridized carbons (Fsp3) is 0.810. The number of halogens is 2. The highest BCUT2D eigenvalue weighted by atomic mass is 19.3. The van der Waals surface area contributed by atoms with Crippen LogP contribution in [-0.4, -0.2) is 70.3 Å². The van der Waals surface area contributed by atoms with Crippen LogP contribution in [0.4, 0.5) is 13.6 Å². The average molecular weight is 459 g/mol. The number of alkyl halides is 2. The van der Waals surface area contributed by atoms with Gasteiger partial charge in [-0.2, -0.15) is 5.10 Å². The maximum absolute atomic E-state index is 13.1. The normalized spacial score (nSPS) is 18.7. The van der Waals surface area contributed by atoms with Crippen molar-refractivity contribution in [3.05, 3.63) is 5.69 Å². The van der Waals surface area contributed by atoms with Gasteiger partial charge in [0.2, 0.25) is 5.88 Å². The van der Waals surface area contributed by atoms with E-state index >= 15 is 0 Å². The van der Waals surface area contributed by atoms with Gasteiger partial charge in [-0.05, 0) is 62.3 Å². The zero-order valence-corrected chi connectivity index (χ0v) is 20.8. The largest absolute Gasteiger partial charge is 0.502 e. The van der Waals surface area contributed by atoms with E-state index in [0.29, 0.717) is 17.0 Å². The highest BCUT2D eigenvalue weighted by Crippen LogP contribution is 2.37. The molecule has 182 valence electrons. The standard InChI is InChI=1S/C21H36BF2N3O5/c1-13(11-27(12-15(23)24)18(28)30-19(3,4)5)29-17-16(14(2)25-26(17)10)22-31-20(6,7)21(8,9)32-22/h13,15H,11-12H2,1-10H3. The van der Waals surface area contributed by atoms with Gasteiger partial charge >= 0.3 is 13.2 Å². The summed E-state index contributed by atoms with van der Waals surface area (Å²) >= 11 is 0. The van der Waals surface area contributed by atoms with E-state index in [2.05, 4.69) is 5.10 Å². The van der Waals surface area contributed by atoms with Crippen LogP contribution in [0.25, 0.3) is 0 Å². The van der Waals surface area contributed by atoms with Gasteiger partial charge in [-0.25, -0.2) is 18.3 Å². The van der Waals surface area contributed by atoms with Crippen molar-refractivity contribution in [1.29, 1.82) is 0 Å². The number of carbonyl (C=O) groups is 1. The minimum atomic E-state index is -2.70. The van der Waals surface area contributed by atoms with Crippen molar-refractivity contribution in [2.75, 3.05) is 13.1 Å². The first-order valence-electron chi connectivity index (χ1n) is 10.8. The van der Waals surface area contributed by atoms with E-state index in [0.717, 1.165) is 4.90 Å². The average Bonchev–Trinajstić information content (AvgIpc) is 2.95. The van der Waals surface area contributed by atoms with Crippen molar-refractivity contribution in [3.8, 4) is 5.88 Å². The Morgan fingerprint density at radius 3 is 2.19 bits per heavy atom. The SMILES string of the molecule is Cc1nn(C)c(OC(C)CN(CC(F)F)C(=O)OC(C)(C)C)c1B1OC(C)(C)C(C)(C)O1. The molecule has 0 aliphatic carbocycles. The molecule has 0 N–H and O–H groups in total. The molecule has 1 aliphatic rings. The van der Waals surface area contributed by atoms with Crippen LogP contribution in [0.2, 0.25) is 0 Å². The number of amides is 1. The Morgan fingerprint density at radius 2 is 1.72 bits per heavy atom. The molecular formula is C21H36BF2N3O5. The van der Waals surface area contributed by atoms with E-state index in [1.807, 2.05) is 34.6 Å². The third-order valence-corrected chi connectivity index (χ3v) is 5.50. The number of nitrogens with zero attached hydrogens (tertiary/aromatic N) is 3. The number of rotatable bonds is 7. The minimum Gasteiger partial charge on any atom is -0.473 e. The van der Waals surface area contributed by atoms with E-state index < -0.39 is 49.1 Å². The lowest BCUT2D eigenvalue weighted by atomic mass is 9.79. The third-order valence-electron chi connectivity index (χ3n) is 5.50. The summed E-state index contributed by atoms with van der Waals surface area (Å²) in [4.78, 5) is 13.4. The predicted molar refractivity (Wildman–Crippen MR) is 118 cm³/mol. The number of carbonyl (C=O) groups excluding carboxylic acids is 1. The van der Waals surface area contributed by atoms with Crippen LogP contribution in [0.3, 0.4) is 0 Å². The predicted octanol–water partition coefficient (Wildman–Crippen LogP) is 3.30. The van der Waals surface area contributed by atoms with E-state index in [-0.39, 0.29) is 6.54 Å². The third kappa shape index (κ3) is 6.12. The minimum absolute atomic E-state index is 0.0910. The number of ether oxygens (including phenoxy) is 2. The molecule has 0 radical (unpaired) electrons. The van der Waals surface area contributed by atoms with Crippen molar-refractivity contribution in [3.63, 3.8) is 0 Å². The summed E-state index contributed by atoms with van der Waals surface area (Å²) in [7, 11) is 1.02. The Balaban J connectivity index is 2.22. The zero-order valence-electron chi connectivity index (χ0n) is 20.8. The van der Waals surface area contributed by atoms with Gasteiger partial charge in [0.25, 0.3) is 6.43 Å². The Labute approximate surface area is 189 Å². The molecule has 0 bridgehead atoms. The maximum Gasteiger partial charge on any atom is 0.502 e. The molecule has 1 atom stereocenters. The zero-order chi connectivity index (χ0) is 24.6. The van der Waals surface area contributed by atoms with Crippen molar-refractivity contribution in [2.45, 2.75) is 91.6 Å². The molecular weight excluding hydrogens is 423 g/mol. The van der Waals surface area contributed by atoms with Crippen LogP contribution < -0.4 is 10.2 Å². The van der Waals surface area contributed by atoms with Crippen molar-refractivity contribution >= 4 is 18.7 Å². The first kappa shape index (κ1) is 26.4. The summed E-state index contributed by atoms with van der Waals surface area (Å²) in [5.41, 5.74) is -0.591. The molecule has 1 aromatic rings. The number of aromatic nitrogens is 2. The second-order valence-corrected chi connectivity index (χ2v) is 10.2. The van der Waals surface area contributed by atoms with Gasteiger partial charge < -0.3 is 18.8 Å². The summed E-state index contributed by atoms with van der Waals surface area (Å²) in [6.45, 7) is 15.5. The molecule has 1 aliphatic heterocycles. The lowest BCUT2D eigenvalue weighted by molar-refractivity contribution is 0.00186. The monoisotopic (exact) mass is 459 g/mol. The molecule has 1 unspecified atom stereocenters. The van der Waals surface area contributed by atoms with Gasteiger partial charge in [-0.3, -0.25) is 4.90 Å². The topological polar surface area (TPSA) is 75.1 Å². The van der Waals surface area contributed by atoms with E-state index in [1.165, 1.54) is 0 Å². The van der Waals surface area contributed by atoms with Crippen LogP contribution in [0.1, 0.15) is 61.1 Å². The molecule has 1 saturated heterocycles. The molecule has 1 amide bonds. The van der Waals surface area contributed by atoms with Crippen LogP contribution in [-0.2, 0) is 21.1 Å². The second kappa shape index (κ2) is 9.17. The highest BCUT2D eigenvalue weighted by molar-refractivity contribution is 6.63. The quantitative estimate of drug-likeness (QED) is 0.583. The van der Waals surface area contributed by atoms with Gasteiger partial charge in [-0.1, -0.05) is 0 Å². The van der Waals surface area contributed by atoms with Crippen LogP contribution >= 0.6 is 0 Å². The fourth-order valence-electron chi connectivity index (χ4n) is 3.28. The smallest absolute Gasteiger partial charge is 0.473 e. The summed E-state index contributed by atoms with van der Waals surface area (Å²) < 4.78 is 51.4. The molecule has 0 spiro atoms. The molecule has 1 aromatic heterocycles. The summed E-state index contributed by atoms with van der Waals surface area (Å²) in [6.07, 6.45) is -4.15. The van der Waals surface area contributed by atoms with E-state index in [1.54, 1.807) is 39.4 Å². The summed E-state index contributed by atoms with van der Waals surface area (Å²) in [5, 5.41) is 4.42. The molecule has 1 fully saturated rings.